The van der Waals surface area contributed by atoms with E-state index in [2.05, 4.69) is 5.32 Å². The molecule has 1 N–H and O–H groups in total. The highest BCUT2D eigenvalue weighted by molar-refractivity contribution is 5.68. The molecule has 0 aromatic carbocycles. The average molecular weight is 338 g/mol. The molecule has 0 spiro atoms. The van der Waals surface area contributed by atoms with Crippen LogP contribution >= 0.6 is 0 Å². The molecule has 134 valence electrons. The first-order valence-corrected chi connectivity index (χ1v) is 8.15. The molecule has 0 atom stereocenters. The molecule has 1 saturated heterocycles. The maximum Gasteiger partial charge on any atom is 0.410 e. The third-order valence-corrected chi connectivity index (χ3v) is 3.78. The number of carbonyl (C=O) groups excluding carboxylic acids is 1. The molecule has 0 saturated carbocycles. The number of carbonyl (C=O) groups is 1. The molecule has 0 aliphatic carbocycles. The van der Waals surface area contributed by atoms with Crippen LogP contribution in [0.1, 0.15) is 39.4 Å². The molecule has 1 fully saturated rings. The fourth-order valence-electron chi connectivity index (χ4n) is 2.52. The number of piperidine rings is 1. The van der Waals surface area contributed by atoms with Gasteiger partial charge in [-0.3, -0.25) is 4.79 Å². The molecule has 0 unspecified atom stereocenters. The monoisotopic (exact) mass is 338 g/mol. The van der Waals surface area contributed by atoms with Crippen molar-refractivity contribution in [3.63, 3.8) is 0 Å². The van der Waals surface area contributed by atoms with Gasteiger partial charge in [0.2, 0.25) is 11.2 Å². The molecule has 1 aromatic heterocycles. The van der Waals surface area contributed by atoms with Gasteiger partial charge in [0.05, 0.1) is 13.7 Å². The van der Waals surface area contributed by atoms with Gasteiger partial charge in [-0.15, -0.1) is 0 Å². The van der Waals surface area contributed by atoms with Crippen molar-refractivity contribution >= 4 is 6.09 Å². The van der Waals surface area contributed by atoms with Crippen molar-refractivity contribution in [2.75, 3.05) is 20.2 Å². The Morgan fingerprint density at radius 1 is 1.38 bits per heavy atom. The van der Waals surface area contributed by atoms with Gasteiger partial charge < -0.3 is 24.1 Å². The number of nitrogens with zero attached hydrogens (tertiary/aromatic N) is 1. The van der Waals surface area contributed by atoms with E-state index in [1.165, 1.54) is 19.4 Å². The highest BCUT2D eigenvalue weighted by Crippen LogP contribution is 2.16. The molecule has 2 rings (SSSR count). The molecular formula is C17H26N2O5. The fourth-order valence-corrected chi connectivity index (χ4v) is 2.52. The number of methoxy groups -OCH3 is 1. The third-order valence-electron chi connectivity index (χ3n) is 3.78. The van der Waals surface area contributed by atoms with Gasteiger partial charge in [0.1, 0.15) is 17.6 Å². The summed E-state index contributed by atoms with van der Waals surface area (Å²) >= 11 is 0. The van der Waals surface area contributed by atoms with Crippen molar-refractivity contribution in [1.29, 1.82) is 0 Å². The topological polar surface area (TPSA) is 81.0 Å². The van der Waals surface area contributed by atoms with Crippen LogP contribution in [0.2, 0.25) is 0 Å². The van der Waals surface area contributed by atoms with Crippen molar-refractivity contribution in [3.05, 3.63) is 28.3 Å². The minimum atomic E-state index is -0.474. The normalized spacial score (nSPS) is 16.1. The summed E-state index contributed by atoms with van der Waals surface area (Å²) in [5, 5.41) is 3.36. The summed E-state index contributed by atoms with van der Waals surface area (Å²) in [7, 11) is 1.43. The lowest BCUT2D eigenvalue weighted by Gasteiger charge is -2.33. The molecule has 1 aliphatic rings. The molecule has 2 heterocycles. The van der Waals surface area contributed by atoms with E-state index in [1.807, 2.05) is 20.8 Å². The quantitative estimate of drug-likeness (QED) is 0.906. The summed E-state index contributed by atoms with van der Waals surface area (Å²) in [4.78, 5) is 25.4. The van der Waals surface area contributed by atoms with Crippen LogP contribution < -0.4 is 15.5 Å². The van der Waals surface area contributed by atoms with E-state index in [0.717, 1.165) is 12.8 Å². The molecule has 0 bridgehead atoms. The van der Waals surface area contributed by atoms with Crippen LogP contribution in [-0.4, -0.2) is 42.8 Å². The fraction of sp³-hybridized carbons (Fsp3) is 0.647. The molecule has 7 nitrogen and oxygen atoms in total. The van der Waals surface area contributed by atoms with Gasteiger partial charge in [0.15, 0.2) is 0 Å². The van der Waals surface area contributed by atoms with Crippen molar-refractivity contribution in [1.82, 2.24) is 10.2 Å². The molecule has 7 heteroatoms. The predicted octanol–water partition coefficient (Wildman–Crippen LogP) is 2.14. The van der Waals surface area contributed by atoms with Gasteiger partial charge in [-0.25, -0.2) is 4.79 Å². The van der Waals surface area contributed by atoms with Crippen LogP contribution in [0.5, 0.6) is 5.75 Å². The molecule has 1 aliphatic heterocycles. The number of ether oxygens (including phenoxy) is 2. The van der Waals surface area contributed by atoms with Gasteiger partial charge in [0, 0.05) is 25.2 Å². The van der Waals surface area contributed by atoms with Gasteiger partial charge in [-0.05, 0) is 33.6 Å². The largest absolute Gasteiger partial charge is 0.490 e. The second-order valence-electron chi connectivity index (χ2n) is 6.90. The number of likely N-dealkylation sites (tertiary alicyclic amines) is 1. The lowest BCUT2D eigenvalue weighted by atomic mass is 10.1. The van der Waals surface area contributed by atoms with Crippen LogP contribution in [0, 0.1) is 0 Å². The molecule has 0 radical (unpaired) electrons. The van der Waals surface area contributed by atoms with Crippen LogP contribution in [0.15, 0.2) is 21.5 Å². The Morgan fingerprint density at radius 2 is 2.04 bits per heavy atom. The van der Waals surface area contributed by atoms with E-state index < -0.39 is 5.60 Å². The van der Waals surface area contributed by atoms with Gasteiger partial charge >= 0.3 is 6.09 Å². The van der Waals surface area contributed by atoms with Gasteiger partial charge in [0.25, 0.3) is 0 Å². The smallest absolute Gasteiger partial charge is 0.410 e. The Kier molecular flexibility index (Phi) is 5.88. The first-order chi connectivity index (χ1) is 11.3. The first-order valence-electron chi connectivity index (χ1n) is 8.15. The third kappa shape index (κ3) is 5.26. The van der Waals surface area contributed by atoms with Gasteiger partial charge in [-0.2, -0.15) is 0 Å². The van der Waals surface area contributed by atoms with E-state index in [4.69, 9.17) is 13.9 Å². The minimum absolute atomic E-state index is 0.194. The Bertz CT molecular complexity index is 612. The Balaban J connectivity index is 1.78. The standard InChI is InChI=1S/C17H26N2O5/c1-17(2,3)24-16(21)19-7-5-12(6-8-19)18-10-13-9-14(20)15(22-4)11-23-13/h9,11-12,18H,5-8,10H2,1-4H3. The lowest BCUT2D eigenvalue weighted by Crippen LogP contribution is -2.46. The summed E-state index contributed by atoms with van der Waals surface area (Å²) in [5.41, 5.74) is -0.668. The van der Waals surface area contributed by atoms with E-state index in [-0.39, 0.29) is 23.3 Å². The number of hydrogen-bond acceptors (Lipinski definition) is 6. The van der Waals surface area contributed by atoms with E-state index in [0.29, 0.717) is 25.4 Å². The Labute approximate surface area is 141 Å². The van der Waals surface area contributed by atoms with Crippen LogP contribution in [0.3, 0.4) is 0 Å². The zero-order chi connectivity index (χ0) is 17.7. The van der Waals surface area contributed by atoms with Crippen molar-refractivity contribution in [2.45, 2.75) is 51.8 Å². The molecular weight excluding hydrogens is 312 g/mol. The van der Waals surface area contributed by atoms with E-state index in [9.17, 15) is 9.59 Å². The maximum absolute atomic E-state index is 12.0. The Hall–Kier alpha value is -2.02. The molecule has 1 amide bonds. The number of nitrogens with one attached hydrogen (secondary N) is 1. The number of rotatable bonds is 4. The van der Waals surface area contributed by atoms with Crippen molar-refractivity contribution < 1.29 is 18.7 Å². The van der Waals surface area contributed by atoms with Gasteiger partial charge in [-0.1, -0.05) is 0 Å². The minimum Gasteiger partial charge on any atom is -0.490 e. The maximum atomic E-state index is 12.0. The summed E-state index contributed by atoms with van der Waals surface area (Å²) in [6.45, 7) is 7.36. The van der Waals surface area contributed by atoms with Crippen LogP contribution in [-0.2, 0) is 11.3 Å². The Morgan fingerprint density at radius 3 is 2.58 bits per heavy atom. The number of amides is 1. The van der Waals surface area contributed by atoms with Crippen molar-refractivity contribution in [3.8, 4) is 5.75 Å². The predicted molar refractivity (Wildman–Crippen MR) is 89.2 cm³/mol. The SMILES string of the molecule is COc1coc(CNC2CCN(C(=O)OC(C)(C)C)CC2)cc1=O. The molecule has 24 heavy (non-hydrogen) atoms. The molecule has 1 aromatic rings. The summed E-state index contributed by atoms with van der Waals surface area (Å²) in [5.74, 6) is 0.764. The highest BCUT2D eigenvalue weighted by Gasteiger charge is 2.26. The average Bonchev–Trinajstić information content (AvgIpc) is 2.52. The summed E-state index contributed by atoms with van der Waals surface area (Å²) in [6, 6.07) is 1.71. The summed E-state index contributed by atoms with van der Waals surface area (Å²) in [6.07, 6.45) is 2.73. The van der Waals surface area contributed by atoms with Crippen LogP contribution in [0.25, 0.3) is 0 Å². The van der Waals surface area contributed by atoms with Crippen molar-refractivity contribution in [2.24, 2.45) is 0 Å². The second kappa shape index (κ2) is 7.70. The summed E-state index contributed by atoms with van der Waals surface area (Å²) < 4.78 is 15.6. The van der Waals surface area contributed by atoms with E-state index >= 15 is 0 Å². The zero-order valence-corrected chi connectivity index (χ0v) is 14.8. The zero-order valence-electron chi connectivity index (χ0n) is 14.8. The second-order valence-corrected chi connectivity index (χ2v) is 6.90. The highest BCUT2D eigenvalue weighted by atomic mass is 16.6. The number of hydrogen-bond donors (Lipinski definition) is 1. The first kappa shape index (κ1) is 18.3. The van der Waals surface area contributed by atoms with E-state index in [1.54, 1.807) is 4.90 Å². The lowest BCUT2D eigenvalue weighted by molar-refractivity contribution is 0.0197. The van der Waals surface area contributed by atoms with Crippen LogP contribution in [0.4, 0.5) is 4.79 Å².